The Morgan fingerprint density at radius 2 is 1.92 bits per heavy atom. The van der Waals surface area contributed by atoms with Crippen LogP contribution in [-0.2, 0) is 6.42 Å². The zero-order valence-electron chi connectivity index (χ0n) is 15.5. The van der Waals surface area contributed by atoms with Crippen LogP contribution >= 0.6 is 0 Å². The van der Waals surface area contributed by atoms with Crippen LogP contribution in [0.4, 0.5) is 9.18 Å². The molecule has 0 spiro atoms. The number of ether oxygens (including phenoxy) is 1. The first kappa shape index (κ1) is 18.2. The van der Waals surface area contributed by atoms with Gasteiger partial charge in [-0.05, 0) is 66.6 Å². The van der Waals surface area contributed by atoms with Crippen LogP contribution in [0.2, 0.25) is 0 Å². The highest BCUT2D eigenvalue weighted by molar-refractivity contribution is 5.69. The van der Waals surface area contributed by atoms with Gasteiger partial charge in [0.25, 0.3) is 0 Å². The molecule has 4 nitrogen and oxygen atoms in total. The van der Waals surface area contributed by atoms with Crippen molar-refractivity contribution in [2.24, 2.45) is 5.41 Å². The molecule has 0 saturated heterocycles. The molecule has 1 aliphatic rings. The quantitative estimate of drug-likeness (QED) is 0.793. The fourth-order valence-corrected chi connectivity index (χ4v) is 3.67. The number of rotatable bonds is 4. The maximum atomic E-state index is 14.8. The molecule has 2 N–H and O–H groups in total. The second kappa shape index (κ2) is 6.63. The van der Waals surface area contributed by atoms with Crippen molar-refractivity contribution in [1.29, 1.82) is 0 Å². The molecular weight excluding hydrogens is 333 g/mol. The summed E-state index contributed by atoms with van der Waals surface area (Å²) in [5.74, 6) is 0.397. The molecule has 0 bridgehead atoms. The van der Waals surface area contributed by atoms with Crippen molar-refractivity contribution in [3.05, 3.63) is 53.3 Å². The SMILES string of the molecule is CC(C)Oc1ccc(-c2cc3c(cc2F)C(NC(=O)O)C(C)(C)C3)cc1. The molecule has 0 aromatic heterocycles. The minimum Gasteiger partial charge on any atom is -0.491 e. The van der Waals surface area contributed by atoms with E-state index in [1.165, 1.54) is 6.07 Å². The van der Waals surface area contributed by atoms with E-state index in [2.05, 4.69) is 5.32 Å². The first-order valence-electron chi connectivity index (χ1n) is 8.76. The standard InChI is InChI=1S/C21H24FNO3/c1-12(2)26-15-7-5-13(6-8-15)16-9-14-11-21(3,4)19(23-20(24)25)17(14)10-18(16)22/h5-10,12,19,23H,11H2,1-4H3,(H,24,25). The molecule has 1 unspecified atom stereocenters. The summed E-state index contributed by atoms with van der Waals surface area (Å²) in [6, 6.07) is 10.2. The van der Waals surface area contributed by atoms with Gasteiger partial charge in [0.2, 0.25) is 0 Å². The van der Waals surface area contributed by atoms with Crippen molar-refractivity contribution in [3.8, 4) is 16.9 Å². The van der Waals surface area contributed by atoms with E-state index >= 15 is 0 Å². The molecule has 0 aliphatic heterocycles. The number of nitrogens with one attached hydrogen (secondary N) is 1. The smallest absolute Gasteiger partial charge is 0.405 e. The molecule has 0 heterocycles. The molecule has 1 amide bonds. The van der Waals surface area contributed by atoms with Gasteiger partial charge in [-0.2, -0.15) is 0 Å². The van der Waals surface area contributed by atoms with Crippen LogP contribution in [0.25, 0.3) is 11.1 Å². The Hall–Kier alpha value is -2.56. The summed E-state index contributed by atoms with van der Waals surface area (Å²) in [6.07, 6.45) is -0.325. The largest absolute Gasteiger partial charge is 0.491 e. The van der Waals surface area contributed by atoms with E-state index < -0.39 is 12.1 Å². The lowest BCUT2D eigenvalue weighted by Crippen LogP contribution is -2.34. The number of carboxylic acid groups (broad SMARTS) is 1. The molecule has 0 fully saturated rings. The van der Waals surface area contributed by atoms with Crippen LogP contribution in [0.1, 0.15) is 44.9 Å². The number of amides is 1. The number of halogens is 1. The average molecular weight is 357 g/mol. The molecule has 138 valence electrons. The van der Waals surface area contributed by atoms with E-state index in [0.29, 0.717) is 12.0 Å². The molecule has 5 heteroatoms. The summed E-state index contributed by atoms with van der Waals surface area (Å²) in [7, 11) is 0. The van der Waals surface area contributed by atoms with Crippen molar-refractivity contribution in [2.75, 3.05) is 0 Å². The van der Waals surface area contributed by atoms with Crippen molar-refractivity contribution >= 4 is 6.09 Å². The van der Waals surface area contributed by atoms with Crippen LogP contribution in [-0.4, -0.2) is 17.3 Å². The topological polar surface area (TPSA) is 58.6 Å². The number of carbonyl (C=O) groups is 1. The Labute approximate surface area is 153 Å². The van der Waals surface area contributed by atoms with Crippen molar-refractivity contribution < 1.29 is 19.0 Å². The minimum absolute atomic E-state index is 0.0819. The van der Waals surface area contributed by atoms with Gasteiger partial charge in [0.1, 0.15) is 11.6 Å². The van der Waals surface area contributed by atoms with Crippen molar-refractivity contribution in [1.82, 2.24) is 5.32 Å². The maximum Gasteiger partial charge on any atom is 0.405 e. The summed E-state index contributed by atoms with van der Waals surface area (Å²) in [5, 5.41) is 11.6. The first-order chi connectivity index (χ1) is 12.2. The van der Waals surface area contributed by atoms with Crippen LogP contribution in [0, 0.1) is 11.2 Å². The second-order valence-corrected chi connectivity index (χ2v) is 7.77. The number of hydrogen-bond donors (Lipinski definition) is 2. The van der Waals surface area contributed by atoms with Gasteiger partial charge in [0.15, 0.2) is 0 Å². The van der Waals surface area contributed by atoms with E-state index in [1.54, 1.807) is 0 Å². The Morgan fingerprint density at radius 1 is 1.27 bits per heavy atom. The van der Waals surface area contributed by atoms with E-state index in [-0.39, 0.29) is 17.3 Å². The summed E-state index contributed by atoms with van der Waals surface area (Å²) in [5.41, 5.74) is 2.69. The van der Waals surface area contributed by atoms with Crippen LogP contribution in [0.3, 0.4) is 0 Å². The second-order valence-electron chi connectivity index (χ2n) is 7.77. The van der Waals surface area contributed by atoms with Crippen LogP contribution in [0.15, 0.2) is 36.4 Å². The maximum absolute atomic E-state index is 14.8. The Morgan fingerprint density at radius 3 is 2.50 bits per heavy atom. The van der Waals surface area contributed by atoms with Crippen LogP contribution < -0.4 is 10.1 Å². The fraction of sp³-hybridized carbons (Fsp3) is 0.381. The lowest BCUT2D eigenvalue weighted by Gasteiger charge is -2.27. The van der Waals surface area contributed by atoms with Gasteiger partial charge in [-0.3, -0.25) is 0 Å². The van der Waals surface area contributed by atoms with E-state index in [4.69, 9.17) is 9.84 Å². The number of hydrogen-bond acceptors (Lipinski definition) is 2. The summed E-state index contributed by atoms with van der Waals surface area (Å²) in [4.78, 5) is 11.1. The monoisotopic (exact) mass is 357 g/mol. The predicted molar refractivity (Wildman–Crippen MR) is 99.0 cm³/mol. The van der Waals surface area contributed by atoms with E-state index in [1.807, 2.05) is 58.0 Å². The molecule has 3 rings (SSSR count). The highest BCUT2D eigenvalue weighted by Gasteiger charge is 2.40. The fourth-order valence-electron chi connectivity index (χ4n) is 3.67. The molecule has 1 aliphatic carbocycles. The van der Waals surface area contributed by atoms with Gasteiger partial charge >= 0.3 is 6.09 Å². The Kier molecular flexibility index (Phi) is 4.65. The van der Waals surface area contributed by atoms with Gasteiger partial charge in [-0.15, -0.1) is 0 Å². The third-order valence-electron chi connectivity index (χ3n) is 4.77. The number of benzene rings is 2. The molecule has 0 radical (unpaired) electrons. The summed E-state index contributed by atoms with van der Waals surface area (Å²) >= 11 is 0. The molecule has 2 aromatic carbocycles. The summed E-state index contributed by atoms with van der Waals surface area (Å²) < 4.78 is 20.4. The zero-order chi connectivity index (χ0) is 19.1. The van der Waals surface area contributed by atoms with Gasteiger partial charge in [-0.25, -0.2) is 9.18 Å². The summed E-state index contributed by atoms with van der Waals surface area (Å²) in [6.45, 7) is 7.89. The lowest BCUT2D eigenvalue weighted by molar-refractivity contribution is 0.175. The zero-order valence-corrected chi connectivity index (χ0v) is 15.5. The van der Waals surface area contributed by atoms with Crippen molar-refractivity contribution in [3.63, 3.8) is 0 Å². The van der Waals surface area contributed by atoms with Gasteiger partial charge in [0.05, 0.1) is 12.1 Å². The van der Waals surface area contributed by atoms with Gasteiger partial charge in [-0.1, -0.05) is 26.0 Å². The van der Waals surface area contributed by atoms with E-state index in [9.17, 15) is 9.18 Å². The number of fused-ring (bicyclic) bond motifs is 1. The van der Waals surface area contributed by atoms with Crippen LogP contribution in [0.5, 0.6) is 5.75 Å². The van der Waals surface area contributed by atoms with Crippen molar-refractivity contribution in [2.45, 2.75) is 46.3 Å². The molecule has 1 atom stereocenters. The van der Waals surface area contributed by atoms with E-state index in [0.717, 1.165) is 22.4 Å². The van der Waals surface area contributed by atoms with Gasteiger partial charge in [0, 0.05) is 5.56 Å². The predicted octanol–water partition coefficient (Wildman–Crippen LogP) is 5.17. The molecule has 2 aromatic rings. The highest BCUT2D eigenvalue weighted by atomic mass is 19.1. The van der Waals surface area contributed by atoms with Gasteiger partial charge < -0.3 is 15.2 Å². The minimum atomic E-state index is -1.10. The first-order valence-corrected chi connectivity index (χ1v) is 8.76. The lowest BCUT2D eigenvalue weighted by atomic mass is 9.85. The molecule has 26 heavy (non-hydrogen) atoms. The highest BCUT2D eigenvalue weighted by Crippen LogP contribution is 2.46. The Bertz CT molecular complexity index is 828. The molecule has 0 saturated carbocycles. The normalized spacial score (nSPS) is 17.8. The third kappa shape index (κ3) is 3.52. The average Bonchev–Trinajstić information content (AvgIpc) is 2.77. The molecular formula is C21H24FNO3. The third-order valence-corrected chi connectivity index (χ3v) is 4.77. The Balaban J connectivity index is 1.96.